The third kappa shape index (κ3) is 4.12. The quantitative estimate of drug-likeness (QED) is 0.430. The Morgan fingerprint density at radius 2 is 1.57 bits per heavy atom. The number of benzene rings is 3. The molecule has 0 atom stereocenters. The number of para-hydroxylation sites is 2. The number of sulfonamides is 1. The number of imidazole rings is 1. The molecule has 0 radical (unpaired) electrons. The summed E-state index contributed by atoms with van der Waals surface area (Å²) in [4.78, 5) is 4.86. The monoisotopic (exact) mass is 439 g/mol. The summed E-state index contributed by atoms with van der Waals surface area (Å²) in [6.07, 6.45) is 0. The molecule has 154 valence electrons. The average Bonchev–Trinajstić information content (AvgIpc) is 3.05. The van der Waals surface area contributed by atoms with Gasteiger partial charge in [0.05, 0.1) is 15.9 Å². The van der Waals surface area contributed by atoms with E-state index in [-0.39, 0.29) is 11.4 Å². The zero-order valence-corrected chi connectivity index (χ0v) is 18.4. The van der Waals surface area contributed by atoms with Gasteiger partial charge >= 0.3 is 0 Å². The largest absolute Gasteiger partial charge is 0.324 e. The van der Waals surface area contributed by atoms with Crippen molar-refractivity contribution in [1.82, 2.24) is 13.9 Å². The van der Waals surface area contributed by atoms with Crippen LogP contribution in [0.4, 0.5) is 0 Å². The van der Waals surface area contributed by atoms with Crippen LogP contribution in [0, 0.1) is 6.92 Å². The van der Waals surface area contributed by atoms with Gasteiger partial charge in [0.25, 0.3) is 0 Å². The second-order valence-electron chi connectivity index (χ2n) is 7.27. The van der Waals surface area contributed by atoms with Crippen LogP contribution in [0.5, 0.6) is 0 Å². The van der Waals surface area contributed by atoms with Gasteiger partial charge in [0, 0.05) is 25.2 Å². The van der Waals surface area contributed by atoms with Crippen LogP contribution in [-0.2, 0) is 23.1 Å². The molecule has 4 aromatic rings. The lowest BCUT2D eigenvalue weighted by atomic mass is 10.2. The topological polar surface area (TPSA) is 55.2 Å². The van der Waals surface area contributed by atoms with Crippen molar-refractivity contribution >= 4 is 32.7 Å². The van der Waals surface area contributed by atoms with Crippen LogP contribution >= 0.6 is 11.6 Å². The van der Waals surface area contributed by atoms with E-state index in [1.165, 1.54) is 4.31 Å². The predicted octanol–water partition coefficient (Wildman–Crippen LogP) is 4.87. The van der Waals surface area contributed by atoms with E-state index >= 15 is 0 Å². The maximum absolute atomic E-state index is 12.9. The summed E-state index contributed by atoms with van der Waals surface area (Å²) in [5.74, 6) is 0.926. The zero-order valence-electron chi connectivity index (χ0n) is 16.8. The molecule has 3 aromatic carbocycles. The van der Waals surface area contributed by atoms with E-state index in [9.17, 15) is 8.42 Å². The van der Waals surface area contributed by atoms with Gasteiger partial charge in [0.2, 0.25) is 10.0 Å². The van der Waals surface area contributed by atoms with Crippen molar-refractivity contribution in [2.45, 2.75) is 24.9 Å². The fraction of sp³-hybridized carbons (Fsp3) is 0.174. The standard InChI is InChI=1S/C23H22ClN3O2S/c1-17-25-22-5-3-4-6-23(22)27(17)16-19-9-13-21(14-10-19)30(28,29)26(2)15-18-7-11-20(24)12-8-18/h3-14H,15-16H2,1-2H3. The molecule has 0 saturated carbocycles. The Morgan fingerprint density at radius 1 is 0.933 bits per heavy atom. The smallest absolute Gasteiger partial charge is 0.243 e. The lowest BCUT2D eigenvalue weighted by Crippen LogP contribution is -2.26. The number of fused-ring (bicyclic) bond motifs is 1. The van der Waals surface area contributed by atoms with Crippen molar-refractivity contribution < 1.29 is 8.42 Å². The van der Waals surface area contributed by atoms with Gasteiger partial charge in [-0.2, -0.15) is 4.31 Å². The molecule has 7 heteroatoms. The average molecular weight is 440 g/mol. The molecular weight excluding hydrogens is 418 g/mol. The third-order valence-corrected chi connectivity index (χ3v) is 7.21. The van der Waals surface area contributed by atoms with E-state index in [2.05, 4.69) is 9.55 Å². The third-order valence-electron chi connectivity index (χ3n) is 5.14. The van der Waals surface area contributed by atoms with Crippen LogP contribution in [0.15, 0.2) is 77.7 Å². The summed E-state index contributed by atoms with van der Waals surface area (Å²) in [6.45, 7) is 2.89. The highest BCUT2D eigenvalue weighted by Gasteiger charge is 2.21. The summed E-state index contributed by atoms with van der Waals surface area (Å²) < 4.78 is 29.4. The van der Waals surface area contributed by atoms with Crippen molar-refractivity contribution in [3.05, 3.63) is 94.8 Å². The minimum absolute atomic E-state index is 0.273. The molecule has 0 unspecified atom stereocenters. The fourth-order valence-corrected chi connectivity index (χ4v) is 4.74. The predicted molar refractivity (Wildman–Crippen MR) is 120 cm³/mol. The Kier molecular flexibility index (Phi) is 5.64. The number of rotatable bonds is 6. The molecule has 0 aliphatic carbocycles. The van der Waals surface area contributed by atoms with Gasteiger partial charge in [-0.05, 0) is 54.4 Å². The Bertz CT molecular complexity index is 1280. The van der Waals surface area contributed by atoms with E-state index in [4.69, 9.17) is 11.6 Å². The van der Waals surface area contributed by atoms with Crippen molar-refractivity contribution in [1.29, 1.82) is 0 Å². The van der Waals surface area contributed by atoms with Crippen molar-refractivity contribution in [3.8, 4) is 0 Å². The van der Waals surface area contributed by atoms with Crippen LogP contribution in [0.2, 0.25) is 5.02 Å². The van der Waals surface area contributed by atoms with Gasteiger partial charge in [-0.25, -0.2) is 13.4 Å². The molecule has 1 heterocycles. The SMILES string of the molecule is Cc1nc2ccccc2n1Cc1ccc(S(=O)(=O)N(C)Cc2ccc(Cl)cc2)cc1. The van der Waals surface area contributed by atoms with Gasteiger partial charge in [0.15, 0.2) is 0 Å². The van der Waals surface area contributed by atoms with E-state index in [1.54, 1.807) is 31.3 Å². The molecule has 0 spiro atoms. The van der Waals surface area contributed by atoms with E-state index in [0.717, 1.165) is 28.0 Å². The molecule has 0 saturated heterocycles. The summed E-state index contributed by atoms with van der Waals surface area (Å²) in [6, 6.07) is 22.2. The van der Waals surface area contributed by atoms with Gasteiger partial charge in [-0.15, -0.1) is 0 Å². The van der Waals surface area contributed by atoms with Crippen molar-refractivity contribution in [2.75, 3.05) is 7.05 Å². The molecule has 4 rings (SSSR count). The number of hydrogen-bond acceptors (Lipinski definition) is 3. The Hall–Kier alpha value is -2.67. The Morgan fingerprint density at radius 3 is 2.27 bits per heavy atom. The normalized spacial score (nSPS) is 12.0. The number of halogens is 1. The van der Waals surface area contributed by atoms with Crippen molar-refractivity contribution in [3.63, 3.8) is 0 Å². The highest BCUT2D eigenvalue weighted by atomic mass is 35.5. The van der Waals surface area contributed by atoms with Crippen LogP contribution in [-0.4, -0.2) is 29.3 Å². The number of hydrogen-bond donors (Lipinski definition) is 0. The Balaban J connectivity index is 1.53. The Labute approximate surface area is 181 Å². The molecule has 0 amide bonds. The van der Waals surface area contributed by atoms with Crippen molar-refractivity contribution in [2.24, 2.45) is 0 Å². The van der Waals surface area contributed by atoms with Crippen LogP contribution in [0.1, 0.15) is 17.0 Å². The van der Waals surface area contributed by atoms with Crippen LogP contribution in [0.25, 0.3) is 11.0 Å². The lowest BCUT2D eigenvalue weighted by Gasteiger charge is -2.18. The van der Waals surface area contributed by atoms with Gasteiger partial charge in [-0.1, -0.05) is 48.0 Å². The lowest BCUT2D eigenvalue weighted by molar-refractivity contribution is 0.466. The molecular formula is C23H22ClN3O2S. The first-order valence-corrected chi connectivity index (χ1v) is 11.4. The summed E-state index contributed by atoms with van der Waals surface area (Å²) in [7, 11) is -2.01. The highest BCUT2D eigenvalue weighted by Crippen LogP contribution is 2.21. The molecule has 0 fully saturated rings. The van der Waals surface area contributed by atoms with Gasteiger partial charge in [-0.3, -0.25) is 0 Å². The van der Waals surface area contributed by atoms with Gasteiger partial charge in [0.1, 0.15) is 5.82 Å². The first kappa shape index (κ1) is 20.6. The maximum atomic E-state index is 12.9. The molecule has 0 aliphatic rings. The zero-order chi connectivity index (χ0) is 21.3. The maximum Gasteiger partial charge on any atom is 0.243 e. The molecule has 1 aromatic heterocycles. The summed E-state index contributed by atoms with van der Waals surface area (Å²) in [5, 5.41) is 0.626. The summed E-state index contributed by atoms with van der Waals surface area (Å²) in [5.41, 5.74) is 3.91. The first-order valence-electron chi connectivity index (χ1n) is 9.56. The van der Waals surface area contributed by atoms with E-state index in [0.29, 0.717) is 11.6 Å². The minimum atomic E-state index is -3.59. The molecule has 0 bridgehead atoms. The number of nitrogens with zero attached hydrogens (tertiary/aromatic N) is 3. The number of aromatic nitrogens is 2. The first-order chi connectivity index (χ1) is 14.3. The van der Waals surface area contributed by atoms with E-state index in [1.807, 2.05) is 55.5 Å². The summed E-state index contributed by atoms with van der Waals surface area (Å²) >= 11 is 5.90. The highest BCUT2D eigenvalue weighted by molar-refractivity contribution is 7.89. The second kappa shape index (κ2) is 8.22. The van der Waals surface area contributed by atoms with E-state index < -0.39 is 10.0 Å². The van der Waals surface area contributed by atoms with Crippen LogP contribution < -0.4 is 0 Å². The molecule has 5 nitrogen and oxygen atoms in total. The number of aryl methyl sites for hydroxylation is 1. The molecule has 0 N–H and O–H groups in total. The minimum Gasteiger partial charge on any atom is -0.324 e. The molecule has 0 aliphatic heterocycles. The second-order valence-corrected chi connectivity index (χ2v) is 9.75. The fourth-order valence-electron chi connectivity index (χ4n) is 3.46. The van der Waals surface area contributed by atoms with Crippen LogP contribution in [0.3, 0.4) is 0 Å². The van der Waals surface area contributed by atoms with Gasteiger partial charge < -0.3 is 4.57 Å². The molecule has 30 heavy (non-hydrogen) atoms.